The summed E-state index contributed by atoms with van der Waals surface area (Å²) in [5.74, 6) is 0. The number of hydrogen-bond donors (Lipinski definition) is 1. The molecule has 1 N–H and O–H groups in total. The zero-order valence-corrected chi connectivity index (χ0v) is 15.5. The summed E-state index contributed by atoms with van der Waals surface area (Å²) in [6.07, 6.45) is 1.66. The highest BCUT2D eigenvalue weighted by Gasteiger charge is 2.09. The van der Waals surface area contributed by atoms with Crippen molar-refractivity contribution in [1.82, 2.24) is 4.98 Å². The summed E-state index contributed by atoms with van der Waals surface area (Å²) in [6, 6.07) is 17.4. The Hall–Kier alpha value is -2.13. The van der Waals surface area contributed by atoms with Crippen molar-refractivity contribution in [3.05, 3.63) is 74.6 Å². The van der Waals surface area contributed by atoms with Crippen LogP contribution in [-0.2, 0) is 0 Å². The van der Waals surface area contributed by atoms with Crippen LogP contribution < -0.4 is 5.32 Å². The van der Waals surface area contributed by atoms with Crippen LogP contribution in [0.25, 0.3) is 16.8 Å². The van der Waals surface area contributed by atoms with E-state index in [4.69, 9.17) is 11.6 Å². The molecule has 0 atom stereocenters. The number of rotatable bonds is 4. The maximum Gasteiger partial charge on any atom is 0.136 e. The number of nitrogens with one attached hydrogen (secondary N) is 1. The molecule has 0 unspecified atom stereocenters. The molecule has 6 heteroatoms. The van der Waals surface area contributed by atoms with Crippen molar-refractivity contribution in [2.75, 3.05) is 5.32 Å². The molecule has 2 aromatic carbocycles. The van der Waals surface area contributed by atoms with Gasteiger partial charge in [0.25, 0.3) is 0 Å². The lowest BCUT2D eigenvalue weighted by Gasteiger charge is -2.01. The molecule has 0 amide bonds. The number of nitriles is 1. The molecule has 0 aliphatic carbocycles. The van der Waals surface area contributed by atoms with Gasteiger partial charge in [0.05, 0.1) is 5.69 Å². The molecule has 0 radical (unpaired) electrons. The van der Waals surface area contributed by atoms with Gasteiger partial charge in [0.2, 0.25) is 0 Å². The van der Waals surface area contributed by atoms with E-state index in [1.165, 1.54) is 11.3 Å². The van der Waals surface area contributed by atoms with E-state index >= 15 is 0 Å². The number of aromatic nitrogens is 1. The van der Waals surface area contributed by atoms with Crippen LogP contribution in [-0.4, -0.2) is 4.98 Å². The van der Waals surface area contributed by atoms with Gasteiger partial charge in [-0.2, -0.15) is 5.26 Å². The Kier molecular flexibility index (Phi) is 5.31. The highest BCUT2D eigenvalue weighted by molar-refractivity contribution is 9.10. The minimum Gasteiger partial charge on any atom is -0.360 e. The van der Waals surface area contributed by atoms with Gasteiger partial charge in [-0.05, 0) is 36.4 Å². The minimum atomic E-state index is 0.485. The zero-order chi connectivity index (χ0) is 16.9. The van der Waals surface area contributed by atoms with E-state index < -0.39 is 0 Å². The number of hydrogen-bond acceptors (Lipinski definition) is 4. The van der Waals surface area contributed by atoms with Crippen LogP contribution in [0.2, 0.25) is 5.02 Å². The van der Waals surface area contributed by atoms with Crippen LogP contribution in [0.4, 0.5) is 5.69 Å². The summed E-state index contributed by atoms with van der Waals surface area (Å²) < 4.78 is 1.02. The van der Waals surface area contributed by atoms with Gasteiger partial charge in [-0.3, -0.25) is 0 Å². The maximum atomic E-state index is 9.40. The first-order valence-corrected chi connectivity index (χ1v) is 9.05. The summed E-state index contributed by atoms with van der Waals surface area (Å²) in [4.78, 5) is 4.56. The van der Waals surface area contributed by atoms with Crippen LogP contribution >= 0.6 is 38.9 Å². The Balaban J connectivity index is 1.81. The first kappa shape index (κ1) is 16.7. The standard InChI is InChI=1S/C18H11BrClN3S/c19-14-3-1-12(2-4-14)17-11-24-18(23-17)13(9-21)10-22-16-7-5-15(20)6-8-16/h1-8,10-11,22H. The summed E-state index contributed by atoms with van der Waals surface area (Å²) in [5.41, 5.74) is 3.22. The maximum absolute atomic E-state index is 9.40. The molecule has 0 fully saturated rings. The quantitative estimate of drug-likeness (QED) is 0.515. The topological polar surface area (TPSA) is 48.7 Å². The van der Waals surface area contributed by atoms with Crippen molar-refractivity contribution in [3.8, 4) is 17.3 Å². The predicted octanol–water partition coefficient (Wildman–Crippen LogP) is 6.20. The predicted molar refractivity (Wildman–Crippen MR) is 104 cm³/mol. The Morgan fingerprint density at radius 3 is 2.54 bits per heavy atom. The van der Waals surface area contributed by atoms with Gasteiger partial charge in [-0.1, -0.05) is 39.7 Å². The molecular weight excluding hydrogens is 406 g/mol. The molecule has 24 heavy (non-hydrogen) atoms. The zero-order valence-electron chi connectivity index (χ0n) is 12.3. The molecule has 0 bridgehead atoms. The molecule has 3 nitrogen and oxygen atoms in total. The third-order valence-corrected chi connectivity index (χ3v) is 4.88. The fraction of sp³-hybridized carbons (Fsp3) is 0. The monoisotopic (exact) mass is 415 g/mol. The molecule has 0 spiro atoms. The Morgan fingerprint density at radius 2 is 1.88 bits per heavy atom. The van der Waals surface area contributed by atoms with Crippen LogP contribution in [0.5, 0.6) is 0 Å². The van der Waals surface area contributed by atoms with E-state index in [1.54, 1.807) is 18.3 Å². The molecule has 0 saturated heterocycles. The lowest BCUT2D eigenvalue weighted by molar-refractivity contribution is 1.36. The van der Waals surface area contributed by atoms with Gasteiger partial charge in [-0.15, -0.1) is 11.3 Å². The second-order valence-corrected chi connectivity index (χ2v) is 7.08. The Bertz CT molecular complexity index is 909. The highest BCUT2D eigenvalue weighted by Crippen LogP contribution is 2.27. The van der Waals surface area contributed by atoms with E-state index in [9.17, 15) is 5.26 Å². The molecule has 118 valence electrons. The van der Waals surface area contributed by atoms with Crippen molar-refractivity contribution in [2.24, 2.45) is 0 Å². The number of nitrogens with zero attached hydrogens (tertiary/aromatic N) is 2. The fourth-order valence-electron chi connectivity index (χ4n) is 1.99. The molecule has 1 aromatic heterocycles. The normalized spacial score (nSPS) is 11.1. The van der Waals surface area contributed by atoms with Crippen molar-refractivity contribution in [1.29, 1.82) is 5.26 Å². The second-order valence-electron chi connectivity index (χ2n) is 4.87. The highest BCUT2D eigenvalue weighted by atomic mass is 79.9. The fourth-order valence-corrected chi connectivity index (χ4v) is 3.18. The number of allylic oxidation sites excluding steroid dienone is 1. The third kappa shape index (κ3) is 4.04. The first-order chi connectivity index (χ1) is 11.7. The van der Waals surface area contributed by atoms with Crippen LogP contribution in [0.1, 0.15) is 5.01 Å². The molecule has 3 rings (SSSR count). The number of benzene rings is 2. The molecule has 0 aliphatic rings. The molecule has 3 aromatic rings. The van der Waals surface area contributed by atoms with E-state index in [0.717, 1.165) is 21.4 Å². The number of thiazole rings is 1. The van der Waals surface area contributed by atoms with Gasteiger partial charge in [-0.25, -0.2) is 4.98 Å². The summed E-state index contributed by atoms with van der Waals surface area (Å²) in [7, 11) is 0. The van der Waals surface area contributed by atoms with Gasteiger partial charge in [0, 0.05) is 32.3 Å². The molecule has 0 aliphatic heterocycles. The van der Waals surface area contributed by atoms with Crippen molar-refractivity contribution in [2.45, 2.75) is 0 Å². The first-order valence-electron chi connectivity index (χ1n) is 7.00. The van der Waals surface area contributed by atoms with E-state index in [2.05, 4.69) is 32.3 Å². The smallest absolute Gasteiger partial charge is 0.136 e. The van der Waals surface area contributed by atoms with E-state index in [-0.39, 0.29) is 0 Å². The van der Waals surface area contributed by atoms with Crippen LogP contribution in [0, 0.1) is 11.3 Å². The van der Waals surface area contributed by atoms with Gasteiger partial charge in [0.15, 0.2) is 0 Å². The largest absolute Gasteiger partial charge is 0.360 e. The summed E-state index contributed by atoms with van der Waals surface area (Å²) in [6.45, 7) is 0. The Morgan fingerprint density at radius 1 is 1.17 bits per heavy atom. The molecule has 1 heterocycles. The number of halogens is 2. The summed E-state index contributed by atoms with van der Waals surface area (Å²) >= 11 is 10.7. The number of anilines is 1. The average Bonchev–Trinajstić information content (AvgIpc) is 3.08. The van der Waals surface area contributed by atoms with Crippen LogP contribution in [0.3, 0.4) is 0 Å². The Labute approximate surface area is 157 Å². The average molecular weight is 417 g/mol. The lowest BCUT2D eigenvalue weighted by Crippen LogP contribution is -1.90. The van der Waals surface area contributed by atoms with E-state index in [1.807, 2.05) is 41.8 Å². The van der Waals surface area contributed by atoms with Crippen molar-refractivity contribution >= 4 is 50.1 Å². The van der Waals surface area contributed by atoms with E-state index in [0.29, 0.717) is 15.6 Å². The van der Waals surface area contributed by atoms with Gasteiger partial charge in [0.1, 0.15) is 16.6 Å². The van der Waals surface area contributed by atoms with Gasteiger partial charge < -0.3 is 5.32 Å². The molecular formula is C18H11BrClN3S. The van der Waals surface area contributed by atoms with Crippen molar-refractivity contribution < 1.29 is 0 Å². The lowest BCUT2D eigenvalue weighted by atomic mass is 10.2. The molecule has 0 saturated carbocycles. The van der Waals surface area contributed by atoms with Gasteiger partial charge >= 0.3 is 0 Å². The SMILES string of the molecule is N#CC(=CNc1ccc(Cl)cc1)c1nc(-c2ccc(Br)cc2)cs1. The summed E-state index contributed by atoms with van der Waals surface area (Å²) in [5, 5.41) is 15.8. The second kappa shape index (κ2) is 7.63. The third-order valence-electron chi connectivity index (χ3n) is 3.22. The van der Waals surface area contributed by atoms with Crippen LogP contribution in [0.15, 0.2) is 64.6 Å². The van der Waals surface area contributed by atoms with Crippen molar-refractivity contribution in [3.63, 3.8) is 0 Å². The minimum absolute atomic E-state index is 0.485.